The number of rotatable bonds is 7. The van der Waals surface area contributed by atoms with Gasteiger partial charge >= 0.3 is 0 Å². The van der Waals surface area contributed by atoms with E-state index < -0.39 is 21.6 Å². The van der Waals surface area contributed by atoms with Crippen LogP contribution in [0.2, 0.25) is 0 Å². The van der Waals surface area contributed by atoms with Crippen LogP contribution in [0.4, 0.5) is 4.39 Å². The minimum Gasteiger partial charge on any atom is -0.492 e. The monoisotopic (exact) mass is 359 g/mol. The second kappa shape index (κ2) is 7.63. The molecule has 0 aliphatic heterocycles. The summed E-state index contributed by atoms with van der Waals surface area (Å²) in [6.45, 7) is 0.304. The third-order valence-corrected chi connectivity index (χ3v) is 5.05. The Morgan fingerprint density at radius 1 is 0.920 bits per heavy atom. The molecule has 0 saturated carbocycles. The quantitative estimate of drug-likeness (QED) is 0.657. The average Bonchev–Trinajstić information content (AvgIpc) is 2.60. The Morgan fingerprint density at radius 3 is 2.44 bits per heavy atom. The van der Waals surface area contributed by atoms with E-state index in [-0.39, 0.29) is 18.7 Å². The van der Waals surface area contributed by atoms with Crippen LogP contribution in [0, 0.1) is 5.82 Å². The second-order valence-electron chi connectivity index (χ2n) is 5.60. The molecule has 0 atom stereocenters. The highest BCUT2D eigenvalue weighted by Gasteiger charge is 2.13. The molecule has 1 N–H and O–H groups in total. The summed E-state index contributed by atoms with van der Waals surface area (Å²) in [6, 6.07) is 19.4. The predicted molar refractivity (Wildman–Crippen MR) is 96.5 cm³/mol. The minimum absolute atomic E-state index is 0.115. The van der Waals surface area contributed by atoms with Gasteiger partial charge in [-0.3, -0.25) is 0 Å². The Bertz CT molecular complexity index is 973. The van der Waals surface area contributed by atoms with E-state index in [1.54, 1.807) is 6.07 Å². The Balaban J connectivity index is 1.52. The smallest absolute Gasteiger partial charge is 0.216 e. The van der Waals surface area contributed by atoms with Crippen LogP contribution >= 0.6 is 0 Å². The zero-order valence-corrected chi connectivity index (χ0v) is 14.3. The lowest BCUT2D eigenvalue weighted by atomic mass is 10.1. The van der Waals surface area contributed by atoms with Crippen molar-refractivity contribution >= 4 is 20.8 Å². The van der Waals surface area contributed by atoms with Crippen LogP contribution in [-0.4, -0.2) is 21.6 Å². The van der Waals surface area contributed by atoms with Gasteiger partial charge in [0, 0.05) is 12.1 Å². The molecule has 0 saturated heterocycles. The van der Waals surface area contributed by atoms with E-state index in [9.17, 15) is 12.8 Å². The summed E-state index contributed by atoms with van der Waals surface area (Å²) in [6.07, 6.45) is 0. The summed E-state index contributed by atoms with van der Waals surface area (Å²) in [5, 5.41) is 2.17. The lowest BCUT2D eigenvalue weighted by Gasteiger charge is -2.09. The zero-order chi connectivity index (χ0) is 17.7. The van der Waals surface area contributed by atoms with Crippen LogP contribution < -0.4 is 9.46 Å². The summed E-state index contributed by atoms with van der Waals surface area (Å²) >= 11 is 0. The molecule has 4 nitrogen and oxygen atoms in total. The SMILES string of the molecule is O=S(=O)(Cc1ccccc1F)NCCOc1ccc2ccccc2c1. The van der Waals surface area contributed by atoms with Crippen molar-refractivity contribution in [1.82, 2.24) is 4.72 Å². The molecular weight excluding hydrogens is 341 g/mol. The van der Waals surface area contributed by atoms with Crippen molar-refractivity contribution in [3.05, 3.63) is 78.1 Å². The Labute approximate surface area is 146 Å². The van der Waals surface area contributed by atoms with Crippen molar-refractivity contribution in [2.45, 2.75) is 5.75 Å². The van der Waals surface area contributed by atoms with Gasteiger partial charge in [-0.15, -0.1) is 0 Å². The highest BCUT2D eigenvalue weighted by molar-refractivity contribution is 7.88. The lowest BCUT2D eigenvalue weighted by Crippen LogP contribution is -2.29. The molecule has 3 rings (SSSR count). The molecule has 0 aromatic heterocycles. The maximum Gasteiger partial charge on any atom is 0.216 e. The van der Waals surface area contributed by atoms with Crippen LogP contribution in [0.15, 0.2) is 66.7 Å². The number of halogens is 1. The fraction of sp³-hybridized carbons (Fsp3) is 0.158. The van der Waals surface area contributed by atoms with Crippen LogP contribution in [0.1, 0.15) is 5.56 Å². The molecule has 0 unspecified atom stereocenters. The molecule has 0 aliphatic carbocycles. The van der Waals surface area contributed by atoms with Crippen molar-refractivity contribution in [2.75, 3.05) is 13.2 Å². The van der Waals surface area contributed by atoms with E-state index in [1.165, 1.54) is 18.2 Å². The number of hydrogen-bond acceptors (Lipinski definition) is 3. The molecule has 130 valence electrons. The van der Waals surface area contributed by atoms with Crippen molar-refractivity contribution < 1.29 is 17.5 Å². The Kier molecular flexibility index (Phi) is 5.31. The molecule has 3 aromatic carbocycles. The molecule has 0 radical (unpaired) electrons. The van der Waals surface area contributed by atoms with E-state index >= 15 is 0 Å². The summed E-state index contributed by atoms with van der Waals surface area (Å²) < 4.78 is 45.6. The molecule has 0 aliphatic rings. The molecule has 25 heavy (non-hydrogen) atoms. The average molecular weight is 359 g/mol. The maximum atomic E-state index is 13.5. The van der Waals surface area contributed by atoms with E-state index in [0.29, 0.717) is 5.75 Å². The highest BCUT2D eigenvalue weighted by Crippen LogP contribution is 2.20. The number of fused-ring (bicyclic) bond motifs is 1. The normalized spacial score (nSPS) is 11.6. The van der Waals surface area contributed by atoms with Gasteiger partial charge in [-0.25, -0.2) is 17.5 Å². The van der Waals surface area contributed by atoms with E-state index in [2.05, 4.69) is 4.72 Å². The second-order valence-corrected chi connectivity index (χ2v) is 7.41. The molecule has 0 fully saturated rings. The van der Waals surface area contributed by atoms with Crippen LogP contribution in [0.5, 0.6) is 5.75 Å². The van der Waals surface area contributed by atoms with Gasteiger partial charge in [0.2, 0.25) is 10.0 Å². The van der Waals surface area contributed by atoms with Gasteiger partial charge in [0.25, 0.3) is 0 Å². The number of nitrogens with one attached hydrogen (secondary N) is 1. The fourth-order valence-corrected chi connectivity index (χ4v) is 3.63. The van der Waals surface area contributed by atoms with Gasteiger partial charge in [-0.1, -0.05) is 48.5 Å². The van der Waals surface area contributed by atoms with Gasteiger partial charge in [0.1, 0.15) is 18.2 Å². The summed E-state index contributed by atoms with van der Waals surface area (Å²) in [5.74, 6) is -0.248. The first-order chi connectivity index (χ1) is 12.0. The van der Waals surface area contributed by atoms with E-state index in [4.69, 9.17) is 4.74 Å². The molecule has 0 amide bonds. The van der Waals surface area contributed by atoms with Gasteiger partial charge in [0.05, 0.1) is 5.75 Å². The van der Waals surface area contributed by atoms with Gasteiger partial charge in [0.15, 0.2) is 0 Å². The van der Waals surface area contributed by atoms with Gasteiger partial charge < -0.3 is 4.74 Å². The number of ether oxygens (including phenoxy) is 1. The third kappa shape index (κ3) is 4.78. The van der Waals surface area contributed by atoms with Crippen molar-refractivity contribution in [3.63, 3.8) is 0 Å². The van der Waals surface area contributed by atoms with Crippen LogP contribution in [0.3, 0.4) is 0 Å². The number of hydrogen-bond donors (Lipinski definition) is 1. The highest BCUT2D eigenvalue weighted by atomic mass is 32.2. The first-order valence-electron chi connectivity index (χ1n) is 7.86. The van der Waals surface area contributed by atoms with Gasteiger partial charge in [-0.2, -0.15) is 0 Å². The Hall–Kier alpha value is -2.44. The van der Waals surface area contributed by atoms with Gasteiger partial charge in [-0.05, 0) is 29.0 Å². The first-order valence-corrected chi connectivity index (χ1v) is 9.51. The van der Waals surface area contributed by atoms with E-state index in [1.807, 2.05) is 42.5 Å². The van der Waals surface area contributed by atoms with Crippen LogP contribution in [0.25, 0.3) is 10.8 Å². The van der Waals surface area contributed by atoms with E-state index in [0.717, 1.165) is 10.8 Å². The summed E-state index contributed by atoms with van der Waals surface area (Å²) in [5.41, 5.74) is 0.144. The molecule has 0 spiro atoms. The van der Waals surface area contributed by atoms with Crippen molar-refractivity contribution in [2.24, 2.45) is 0 Å². The lowest BCUT2D eigenvalue weighted by molar-refractivity contribution is 0.323. The fourth-order valence-electron chi connectivity index (χ4n) is 2.49. The Morgan fingerprint density at radius 2 is 1.64 bits per heavy atom. The van der Waals surface area contributed by atoms with Crippen molar-refractivity contribution in [1.29, 1.82) is 0 Å². The molecular formula is C19H18FNO3S. The van der Waals surface area contributed by atoms with Crippen LogP contribution in [-0.2, 0) is 15.8 Å². The zero-order valence-electron chi connectivity index (χ0n) is 13.5. The largest absolute Gasteiger partial charge is 0.492 e. The standard InChI is InChI=1S/C19H18FNO3S/c20-19-8-4-3-7-17(19)14-25(22,23)21-11-12-24-18-10-9-15-5-1-2-6-16(15)13-18/h1-10,13,21H,11-12,14H2. The molecule has 0 heterocycles. The minimum atomic E-state index is -3.62. The predicted octanol–water partition coefficient (Wildman–Crippen LogP) is 3.48. The first kappa shape index (κ1) is 17.4. The molecule has 3 aromatic rings. The number of sulfonamides is 1. The maximum absolute atomic E-state index is 13.5. The summed E-state index contributed by atoms with van der Waals surface area (Å²) in [4.78, 5) is 0. The summed E-state index contributed by atoms with van der Waals surface area (Å²) in [7, 11) is -3.62. The number of benzene rings is 3. The molecule has 0 bridgehead atoms. The van der Waals surface area contributed by atoms with Crippen molar-refractivity contribution in [3.8, 4) is 5.75 Å². The molecule has 6 heteroatoms. The topological polar surface area (TPSA) is 55.4 Å². The third-order valence-electron chi connectivity index (χ3n) is 3.72.